The van der Waals surface area contributed by atoms with Crippen molar-refractivity contribution in [3.8, 4) is 0 Å². The van der Waals surface area contributed by atoms with Crippen LogP contribution < -0.4 is 10.6 Å². The topological polar surface area (TPSA) is 121 Å². The fourth-order valence-electron chi connectivity index (χ4n) is 2.68. The molecule has 0 spiro atoms. The normalized spacial score (nSPS) is 12.1. The molecule has 3 rings (SSSR count). The third-order valence-corrected chi connectivity index (χ3v) is 8.39. The first-order chi connectivity index (χ1) is 14.9. The summed E-state index contributed by atoms with van der Waals surface area (Å²) in [5.41, 5.74) is 1.28. The van der Waals surface area contributed by atoms with Crippen LogP contribution in [0.3, 0.4) is 0 Å². The molecule has 0 atom stereocenters. The molecule has 2 aromatic carbocycles. The molecule has 2 N–H and O–H groups in total. The van der Waals surface area contributed by atoms with Crippen LogP contribution >= 0.6 is 0 Å². The number of aromatic nitrogens is 2. The summed E-state index contributed by atoms with van der Waals surface area (Å²) in [5, 5.41) is 5.59. The van der Waals surface area contributed by atoms with E-state index in [0.29, 0.717) is 16.9 Å². The van der Waals surface area contributed by atoms with Crippen molar-refractivity contribution in [2.75, 3.05) is 24.7 Å². The van der Waals surface area contributed by atoms with Gasteiger partial charge < -0.3 is 0 Å². The molecular formula is C19H19AsFN5O4S2. The molecule has 0 unspecified atom stereocenters. The minimum absolute atomic E-state index is 0.0174. The van der Waals surface area contributed by atoms with Crippen molar-refractivity contribution >= 4 is 57.0 Å². The number of nitrogens with zero attached hydrogens (tertiary/aromatic N) is 3. The SMILES string of the molecule is Cc1ccc(Nc2ncc(F)c(Nc3cccc(S(=O)(=O)N(C)C)c3)n2)cc1S(=O)(=O)[As]. The molecule has 0 saturated carbocycles. The van der Waals surface area contributed by atoms with Crippen LogP contribution in [0.25, 0.3) is 0 Å². The predicted octanol–water partition coefficient (Wildman–Crippen LogP) is 2.52. The molecule has 13 heteroatoms. The van der Waals surface area contributed by atoms with Crippen LogP contribution in [0.4, 0.5) is 27.5 Å². The van der Waals surface area contributed by atoms with Crippen molar-refractivity contribution in [1.82, 2.24) is 14.3 Å². The van der Waals surface area contributed by atoms with Gasteiger partial charge in [0.15, 0.2) is 0 Å². The predicted molar refractivity (Wildman–Crippen MR) is 120 cm³/mol. The summed E-state index contributed by atoms with van der Waals surface area (Å²) < 4.78 is 63.9. The van der Waals surface area contributed by atoms with E-state index in [-0.39, 0.29) is 21.6 Å². The molecule has 1 heterocycles. The molecule has 3 aromatic rings. The fraction of sp³-hybridized carbons (Fsp3) is 0.158. The van der Waals surface area contributed by atoms with E-state index in [1.807, 2.05) is 0 Å². The van der Waals surface area contributed by atoms with Crippen molar-refractivity contribution in [3.05, 3.63) is 60.0 Å². The molecular weight excluding hydrogens is 520 g/mol. The maximum absolute atomic E-state index is 14.3. The Hall–Kier alpha value is -2.53. The average Bonchev–Trinajstić information content (AvgIpc) is 2.71. The van der Waals surface area contributed by atoms with Gasteiger partial charge in [0.25, 0.3) is 0 Å². The van der Waals surface area contributed by atoms with E-state index in [2.05, 4.69) is 20.6 Å². The zero-order valence-corrected chi connectivity index (χ0v) is 20.7. The van der Waals surface area contributed by atoms with Gasteiger partial charge in [0.2, 0.25) is 10.0 Å². The number of rotatable bonds is 7. The van der Waals surface area contributed by atoms with Crippen LogP contribution in [0.15, 0.2) is 58.5 Å². The van der Waals surface area contributed by atoms with E-state index in [9.17, 15) is 21.2 Å². The molecule has 1 aromatic heterocycles. The molecule has 0 aliphatic rings. The van der Waals surface area contributed by atoms with E-state index >= 15 is 0 Å². The van der Waals surface area contributed by atoms with Crippen LogP contribution in [0.1, 0.15) is 5.56 Å². The van der Waals surface area contributed by atoms with Gasteiger partial charge in [-0.3, -0.25) is 0 Å². The number of sulfonamides is 1. The van der Waals surface area contributed by atoms with Gasteiger partial charge in [-0.1, -0.05) is 0 Å². The van der Waals surface area contributed by atoms with Crippen molar-refractivity contribution in [2.24, 2.45) is 0 Å². The molecule has 0 fully saturated rings. The minimum atomic E-state index is -3.67. The van der Waals surface area contributed by atoms with Gasteiger partial charge in [-0.05, 0) is 6.07 Å². The third kappa shape index (κ3) is 5.44. The van der Waals surface area contributed by atoms with Gasteiger partial charge in [0, 0.05) is 14.1 Å². The Balaban J connectivity index is 1.90. The third-order valence-electron chi connectivity index (χ3n) is 4.34. The maximum atomic E-state index is 14.3. The number of benzene rings is 2. The summed E-state index contributed by atoms with van der Waals surface area (Å²) in [7, 11) is -4.33. The standard InChI is InChI=1S/C19H19AsFN5O4S2/c1-12-7-8-14(10-17(12)31(20,27)28)24-19-22-11-16(21)18(25-19)23-13-5-4-6-15(9-13)32(29,30)26(2)3/h4-11H,1-3H3,(H2,22,23,24,25). The Morgan fingerprint density at radius 1 is 1.00 bits per heavy atom. The first-order valence-electron chi connectivity index (χ1n) is 9.05. The molecule has 2 radical (unpaired) electrons. The number of aryl methyl sites for hydroxylation is 1. The van der Waals surface area contributed by atoms with Crippen molar-refractivity contribution in [3.63, 3.8) is 0 Å². The van der Waals surface area contributed by atoms with Crippen molar-refractivity contribution in [1.29, 1.82) is 0 Å². The Morgan fingerprint density at radius 3 is 2.34 bits per heavy atom. The Morgan fingerprint density at radius 2 is 1.69 bits per heavy atom. The molecule has 0 aliphatic heterocycles. The second kappa shape index (κ2) is 9.14. The molecule has 0 bridgehead atoms. The Bertz CT molecular complexity index is 1380. The van der Waals surface area contributed by atoms with Crippen LogP contribution in [0.5, 0.6) is 0 Å². The number of hydrogen-bond acceptors (Lipinski definition) is 8. The second-order valence-electron chi connectivity index (χ2n) is 6.91. The van der Waals surface area contributed by atoms with Gasteiger partial charge in [0.1, 0.15) is 0 Å². The van der Waals surface area contributed by atoms with E-state index in [1.54, 1.807) is 40.8 Å². The first-order valence-corrected chi connectivity index (χ1v) is 14.2. The Kier molecular flexibility index (Phi) is 6.89. The zero-order chi connectivity index (χ0) is 23.7. The van der Waals surface area contributed by atoms with E-state index in [4.69, 9.17) is 0 Å². The van der Waals surface area contributed by atoms with Gasteiger partial charge >= 0.3 is 151 Å². The summed E-state index contributed by atoms with van der Waals surface area (Å²) in [4.78, 5) is 8.12. The number of anilines is 4. The van der Waals surface area contributed by atoms with Crippen LogP contribution in [-0.4, -0.2) is 60.9 Å². The average molecular weight is 539 g/mol. The second-order valence-corrected chi connectivity index (χ2v) is 13.5. The summed E-state index contributed by atoms with van der Waals surface area (Å²) in [5.74, 6) is -0.924. The summed E-state index contributed by atoms with van der Waals surface area (Å²) in [6, 6.07) is 10.6. The van der Waals surface area contributed by atoms with E-state index in [1.165, 1.54) is 38.4 Å². The van der Waals surface area contributed by atoms with Crippen molar-refractivity contribution in [2.45, 2.75) is 16.7 Å². The molecule has 32 heavy (non-hydrogen) atoms. The zero-order valence-electron chi connectivity index (χ0n) is 17.2. The number of nitrogens with one attached hydrogen (secondary N) is 2. The number of hydrogen-bond donors (Lipinski definition) is 2. The van der Waals surface area contributed by atoms with Crippen LogP contribution in [-0.2, 0) is 18.1 Å². The van der Waals surface area contributed by atoms with E-state index in [0.717, 1.165) is 10.5 Å². The van der Waals surface area contributed by atoms with Gasteiger partial charge in [-0.15, -0.1) is 0 Å². The summed E-state index contributed by atoms with van der Waals surface area (Å²) in [6.45, 7) is 1.67. The monoisotopic (exact) mass is 539 g/mol. The molecule has 9 nitrogen and oxygen atoms in total. The number of halogens is 1. The van der Waals surface area contributed by atoms with Gasteiger partial charge in [-0.25, -0.2) is 12.7 Å². The molecule has 0 saturated heterocycles. The van der Waals surface area contributed by atoms with Crippen molar-refractivity contribution < 1.29 is 21.2 Å². The fourth-order valence-corrected chi connectivity index (χ4v) is 5.62. The first kappa shape index (κ1) is 24.1. The van der Waals surface area contributed by atoms with Crippen LogP contribution in [0.2, 0.25) is 0 Å². The molecule has 0 aliphatic carbocycles. The summed E-state index contributed by atoms with van der Waals surface area (Å²) >= 11 is 1.62. The quantitative estimate of drug-likeness (QED) is 0.440. The van der Waals surface area contributed by atoms with Gasteiger partial charge in [0.05, 0.1) is 0 Å². The molecule has 0 amide bonds. The Labute approximate surface area is 193 Å². The van der Waals surface area contributed by atoms with Crippen LogP contribution in [0, 0.1) is 12.7 Å². The summed E-state index contributed by atoms with van der Waals surface area (Å²) in [6.07, 6.45) is 0.945. The van der Waals surface area contributed by atoms with E-state index < -0.39 is 23.9 Å². The molecule has 168 valence electrons. The van der Waals surface area contributed by atoms with Gasteiger partial charge in [-0.2, -0.15) is 0 Å².